The molecule has 0 fully saturated rings. The van der Waals surface area contributed by atoms with Crippen molar-refractivity contribution in [3.8, 4) is 5.75 Å². The fourth-order valence-corrected chi connectivity index (χ4v) is 2.72. The van der Waals surface area contributed by atoms with Gasteiger partial charge in [-0.25, -0.2) is 4.79 Å². The minimum absolute atomic E-state index is 0.0581. The van der Waals surface area contributed by atoms with Crippen LogP contribution in [0.4, 0.5) is 11.4 Å². The number of carbonyl (C=O) groups excluding carboxylic acids is 1. The van der Waals surface area contributed by atoms with Gasteiger partial charge < -0.3 is 20.1 Å². The van der Waals surface area contributed by atoms with Crippen LogP contribution < -0.4 is 15.4 Å². The van der Waals surface area contributed by atoms with Crippen molar-refractivity contribution in [1.29, 1.82) is 0 Å². The largest absolute Gasteiger partial charge is 0.486 e. The van der Waals surface area contributed by atoms with Gasteiger partial charge >= 0.3 is 5.97 Å². The summed E-state index contributed by atoms with van der Waals surface area (Å²) in [5.41, 5.74) is 7.55. The maximum absolute atomic E-state index is 12.2. The first-order chi connectivity index (χ1) is 10.1. The molecule has 0 saturated heterocycles. The number of hydrogen-bond donors (Lipinski definition) is 1. The first-order valence-corrected chi connectivity index (χ1v) is 7.60. The zero-order valence-electron chi connectivity index (χ0n) is 13.0. The van der Waals surface area contributed by atoms with Crippen LogP contribution in [0.25, 0.3) is 0 Å². The first kappa shape index (κ1) is 15.5. The maximum Gasteiger partial charge on any atom is 0.328 e. The fourth-order valence-electron chi connectivity index (χ4n) is 2.72. The van der Waals surface area contributed by atoms with Gasteiger partial charge in [0, 0.05) is 0 Å². The Hall–Kier alpha value is -1.91. The number of fused-ring (bicyclic) bond motifs is 1. The van der Waals surface area contributed by atoms with E-state index in [-0.39, 0.29) is 18.1 Å². The van der Waals surface area contributed by atoms with Crippen LogP contribution in [0, 0.1) is 0 Å². The van der Waals surface area contributed by atoms with Crippen LogP contribution in [0.5, 0.6) is 5.75 Å². The molecule has 2 N–H and O–H groups in total. The third kappa shape index (κ3) is 3.06. The fraction of sp³-hybridized carbons (Fsp3) is 0.562. The van der Waals surface area contributed by atoms with Crippen LogP contribution in [0.15, 0.2) is 18.2 Å². The van der Waals surface area contributed by atoms with Crippen LogP contribution in [-0.2, 0) is 9.53 Å². The molecule has 0 radical (unpaired) electrons. The molecule has 0 spiro atoms. The van der Waals surface area contributed by atoms with E-state index in [1.165, 1.54) is 0 Å². The summed E-state index contributed by atoms with van der Waals surface area (Å²) in [7, 11) is 0. The van der Waals surface area contributed by atoms with Gasteiger partial charge in [0.1, 0.15) is 23.6 Å². The lowest BCUT2D eigenvalue weighted by Gasteiger charge is -2.40. The molecule has 1 aliphatic rings. The van der Waals surface area contributed by atoms with E-state index in [1.807, 2.05) is 36.9 Å². The molecule has 1 aromatic carbocycles. The van der Waals surface area contributed by atoms with Gasteiger partial charge in [0.05, 0.1) is 18.8 Å². The van der Waals surface area contributed by atoms with Crippen molar-refractivity contribution in [2.24, 2.45) is 0 Å². The van der Waals surface area contributed by atoms with Gasteiger partial charge in [0.15, 0.2) is 0 Å². The highest BCUT2D eigenvalue weighted by molar-refractivity contribution is 5.85. The Morgan fingerprint density at radius 2 is 2.24 bits per heavy atom. The second kappa shape index (κ2) is 6.70. The average molecular weight is 292 g/mol. The summed E-state index contributed by atoms with van der Waals surface area (Å²) in [6.45, 7) is 6.91. The number of ether oxygens (including phenoxy) is 2. The normalized spacial score (nSPS) is 18.6. The summed E-state index contributed by atoms with van der Waals surface area (Å²) in [4.78, 5) is 14.3. The van der Waals surface area contributed by atoms with E-state index in [0.29, 0.717) is 25.3 Å². The topological polar surface area (TPSA) is 64.8 Å². The van der Waals surface area contributed by atoms with Crippen molar-refractivity contribution in [2.45, 2.75) is 45.8 Å². The number of rotatable bonds is 5. The van der Waals surface area contributed by atoms with E-state index in [2.05, 4.69) is 6.92 Å². The SMILES string of the molecule is CCOC(=O)C(CC)N1CC(CC)Oc2cccc(N)c21. The van der Waals surface area contributed by atoms with E-state index in [0.717, 1.165) is 17.9 Å². The third-order valence-electron chi connectivity index (χ3n) is 3.79. The van der Waals surface area contributed by atoms with Crippen LogP contribution in [0.2, 0.25) is 0 Å². The van der Waals surface area contributed by atoms with Gasteiger partial charge in [-0.15, -0.1) is 0 Å². The molecule has 0 bridgehead atoms. The quantitative estimate of drug-likeness (QED) is 0.667. The third-order valence-corrected chi connectivity index (χ3v) is 3.79. The Morgan fingerprint density at radius 1 is 1.48 bits per heavy atom. The molecule has 2 unspecified atom stereocenters. The molecule has 2 rings (SSSR count). The number of nitrogen functional groups attached to an aromatic ring is 1. The predicted molar refractivity (Wildman–Crippen MR) is 83.6 cm³/mol. The summed E-state index contributed by atoms with van der Waals surface area (Å²) in [5, 5.41) is 0. The highest BCUT2D eigenvalue weighted by atomic mass is 16.5. The summed E-state index contributed by atoms with van der Waals surface area (Å²) in [6, 6.07) is 5.28. The highest BCUT2D eigenvalue weighted by Crippen LogP contribution is 2.40. The molecule has 5 heteroatoms. The molecule has 0 aliphatic carbocycles. The molecule has 1 aromatic rings. The molecule has 21 heavy (non-hydrogen) atoms. The van der Waals surface area contributed by atoms with Gasteiger partial charge in [-0.1, -0.05) is 19.9 Å². The summed E-state index contributed by atoms with van der Waals surface area (Å²) in [5.74, 6) is 0.543. The van der Waals surface area contributed by atoms with Crippen molar-refractivity contribution in [3.63, 3.8) is 0 Å². The molecule has 2 atom stereocenters. The van der Waals surface area contributed by atoms with Crippen molar-refractivity contribution >= 4 is 17.3 Å². The van der Waals surface area contributed by atoms with E-state index in [1.54, 1.807) is 0 Å². The number of esters is 1. The second-order valence-electron chi connectivity index (χ2n) is 5.17. The van der Waals surface area contributed by atoms with E-state index < -0.39 is 0 Å². The van der Waals surface area contributed by atoms with Gasteiger partial charge in [-0.2, -0.15) is 0 Å². The van der Waals surface area contributed by atoms with E-state index >= 15 is 0 Å². The molecular formula is C16H24N2O3. The van der Waals surface area contributed by atoms with Gasteiger partial charge in [0.25, 0.3) is 0 Å². The van der Waals surface area contributed by atoms with Gasteiger partial charge in [0.2, 0.25) is 0 Å². The molecule has 1 aliphatic heterocycles. The minimum atomic E-state index is -0.327. The number of hydrogen-bond acceptors (Lipinski definition) is 5. The Bertz CT molecular complexity index is 504. The summed E-state index contributed by atoms with van der Waals surface area (Å²) in [6.07, 6.45) is 1.61. The summed E-state index contributed by atoms with van der Waals surface area (Å²) >= 11 is 0. The van der Waals surface area contributed by atoms with Gasteiger partial charge in [-0.3, -0.25) is 0 Å². The molecule has 5 nitrogen and oxygen atoms in total. The predicted octanol–water partition coefficient (Wildman–Crippen LogP) is 2.59. The number of benzene rings is 1. The number of nitrogens with zero attached hydrogens (tertiary/aromatic N) is 1. The second-order valence-corrected chi connectivity index (χ2v) is 5.17. The lowest BCUT2D eigenvalue weighted by atomic mass is 10.1. The van der Waals surface area contributed by atoms with Gasteiger partial charge in [-0.05, 0) is 31.9 Å². The number of nitrogens with two attached hydrogens (primary N) is 1. The highest BCUT2D eigenvalue weighted by Gasteiger charge is 2.34. The zero-order valence-corrected chi connectivity index (χ0v) is 13.0. The molecular weight excluding hydrogens is 268 g/mol. The van der Waals surface area contributed by atoms with Crippen molar-refractivity contribution in [3.05, 3.63) is 18.2 Å². The molecule has 116 valence electrons. The maximum atomic E-state index is 12.2. The van der Waals surface area contributed by atoms with Crippen molar-refractivity contribution in [1.82, 2.24) is 0 Å². The van der Waals surface area contributed by atoms with E-state index in [9.17, 15) is 4.79 Å². The Morgan fingerprint density at radius 3 is 2.86 bits per heavy atom. The average Bonchev–Trinajstić information content (AvgIpc) is 2.48. The Labute approximate surface area is 126 Å². The Balaban J connectivity index is 2.39. The zero-order chi connectivity index (χ0) is 15.4. The monoisotopic (exact) mass is 292 g/mol. The smallest absolute Gasteiger partial charge is 0.328 e. The standard InChI is InChI=1S/C16H24N2O3/c1-4-11-10-18(13(5-2)16(19)20-6-3)15-12(17)8-7-9-14(15)21-11/h7-9,11,13H,4-6,10,17H2,1-3H3. The van der Waals surface area contributed by atoms with Crippen LogP contribution >= 0.6 is 0 Å². The lowest BCUT2D eigenvalue weighted by Crippen LogP contribution is -2.49. The number of anilines is 2. The molecule has 0 saturated carbocycles. The summed E-state index contributed by atoms with van der Waals surface area (Å²) < 4.78 is 11.2. The van der Waals surface area contributed by atoms with Crippen LogP contribution in [0.1, 0.15) is 33.6 Å². The van der Waals surface area contributed by atoms with E-state index in [4.69, 9.17) is 15.2 Å². The molecule has 0 aromatic heterocycles. The molecule has 1 heterocycles. The molecule has 0 amide bonds. The minimum Gasteiger partial charge on any atom is -0.486 e. The van der Waals surface area contributed by atoms with Crippen LogP contribution in [-0.4, -0.2) is 31.3 Å². The first-order valence-electron chi connectivity index (χ1n) is 7.60. The lowest BCUT2D eigenvalue weighted by molar-refractivity contribution is -0.144. The van der Waals surface area contributed by atoms with Crippen molar-refractivity contribution in [2.75, 3.05) is 23.8 Å². The van der Waals surface area contributed by atoms with Crippen molar-refractivity contribution < 1.29 is 14.3 Å². The number of para-hydroxylation sites is 1. The van der Waals surface area contributed by atoms with Crippen LogP contribution in [0.3, 0.4) is 0 Å². The number of carbonyl (C=O) groups is 1. The Kier molecular flexibility index (Phi) is 4.94.